The fraction of sp³-hybridized carbons (Fsp3) is 0.488. The second kappa shape index (κ2) is 16.2. The quantitative estimate of drug-likeness (QED) is 0.115. The number of aromatic amines is 2. The average Bonchev–Trinajstić information content (AvgIpc) is 3.84. The molecule has 3 fully saturated rings. The summed E-state index contributed by atoms with van der Waals surface area (Å²) in [6, 6.07) is 7.72. The number of hydrogen-bond acceptors (Lipinski definition) is 9. The smallest absolute Gasteiger partial charge is 0.407 e. The van der Waals surface area contributed by atoms with Gasteiger partial charge in [-0.2, -0.15) is 20.5 Å². The standard InChI is InChI=1S/C43H50F2N8O6S/c1-23(2)35(51-41(57)59-4)39(55)53-22-42(13-14-42)19-34(53)37-47-21-32(49-37)25-9-11-27-26-10-8-24(17-28(26)43(44,45)29(27)18-25)31-20-46-36(48-31)33-7-6-15-52(33)38(54)30(12-16-60-5)50-40(56)58-3/h8-11,17-18,20-21,23,30,33-35H,6-7,12-16,19,22H2,1-5H3,(H,46,48)(H,47,49)(H,50,56)(H,51,57)/t30-,33-,34-,35?/m0/s1. The van der Waals surface area contributed by atoms with Crippen LogP contribution in [0.15, 0.2) is 48.8 Å². The largest absolute Gasteiger partial charge is 0.453 e. The number of likely N-dealkylation sites (tertiary alicyclic amines) is 2. The Morgan fingerprint density at radius 2 is 1.62 bits per heavy atom. The number of alkyl halides is 2. The summed E-state index contributed by atoms with van der Waals surface area (Å²) in [6.07, 6.45) is 8.45. The molecule has 2 saturated heterocycles. The maximum atomic E-state index is 16.5. The molecule has 0 radical (unpaired) electrons. The van der Waals surface area contributed by atoms with Crippen LogP contribution in [0.25, 0.3) is 33.6 Å². The van der Waals surface area contributed by atoms with Gasteiger partial charge in [0.15, 0.2) is 0 Å². The summed E-state index contributed by atoms with van der Waals surface area (Å²) in [5.41, 5.74) is 2.71. The number of aromatic nitrogens is 4. The van der Waals surface area contributed by atoms with E-state index in [9.17, 15) is 19.2 Å². The fourth-order valence-corrected chi connectivity index (χ4v) is 9.49. The molecule has 2 aliphatic heterocycles. The number of alkyl carbamates (subject to hydrolysis) is 2. The maximum absolute atomic E-state index is 16.5. The van der Waals surface area contributed by atoms with Crippen LogP contribution in [0.1, 0.15) is 87.2 Å². The summed E-state index contributed by atoms with van der Waals surface area (Å²) in [5.74, 6) is -2.13. The van der Waals surface area contributed by atoms with Gasteiger partial charge in [0, 0.05) is 41.5 Å². The van der Waals surface area contributed by atoms with E-state index in [4.69, 9.17) is 14.5 Å². The van der Waals surface area contributed by atoms with E-state index in [0.717, 1.165) is 25.7 Å². The minimum absolute atomic E-state index is 0.00903. The van der Waals surface area contributed by atoms with Gasteiger partial charge in [-0.3, -0.25) is 9.59 Å². The second-order valence-electron chi connectivity index (χ2n) is 16.7. The van der Waals surface area contributed by atoms with Gasteiger partial charge in [-0.05, 0) is 85.1 Å². The highest BCUT2D eigenvalue weighted by Gasteiger charge is 2.55. The topological polar surface area (TPSA) is 175 Å². The van der Waals surface area contributed by atoms with Crippen molar-refractivity contribution in [3.05, 3.63) is 71.6 Å². The number of fused-ring (bicyclic) bond motifs is 3. The highest BCUT2D eigenvalue weighted by atomic mass is 32.2. The average molecular weight is 845 g/mol. The van der Waals surface area contributed by atoms with Crippen LogP contribution in [0.4, 0.5) is 18.4 Å². The third-order valence-electron chi connectivity index (χ3n) is 12.5. The maximum Gasteiger partial charge on any atom is 0.407 e. The zero-order valence-electron chi connectivity index (χ0n) is 34.3. The monoisotopic (exact) mass is 844 g/mol. The van der Waals surface area contributed by atoms with Gasteiger partial charge in [-0.15, -0.1) is 0 Å². The lowest BCUT2D eigenvalue weighted by Crippen LogP contribution is -2.51. The molecule has 17 heteroatoms. The Morgan fingerprint density at radius 3 is 2.28 bits per heavy atom. The Bertz CT molecular complexity index is 2310. The highest BCUT2D eigenvalue weighted by molar-refractivity contribution is 7.98. The van der Waals surface area contributed by atoms with Crippen LogP contribution in [0.3, 0.4) is 0 Å². The van der Waals surface area contributed by atoms with Crippen LogP contribution in [-0.4, -0.2) is 105 Å². The van der Waals surface area contributed by atoms with Crippen LogP contribution in [0.2, 0.25) is 0 Å². The molecule has 318 valence electrons. The number of nitrogens with zero attached hydrogens (tertiary/aromatic N) is 4. The molecule has 2 aromatic heterocycles. The number of nitrogens with one attached hydrogen (secondary N) is 4. The molecule has 1 unspecified atom stereocenters. The number of methoxy groups -OCH3 is 2. The Balaban J connectivity index is 1.01. The van der Waals surface area contributed by atoms with Crippen molar-refractivity contribution in [3.8, 4) is 33.6 Å². The number of rotatable bonds is 12. The Kier molecular flexibility index (Phi) is 11.1. The lowest BCUT2D eigenvalue weighted by atomic mass is 10.0. The molecule has 2 aromatic carbocycles. The van der Waals surface area contributed by atoms with E-state index in [1.807, 2.05) is 20.1 Å². The van der Waals surface area contributed by atoms with Gasteiger partial charge in [-0.1, -0.05) is 38.1 Å². The first-order valence-electron chi connectivity index (χ1n) is 20.3. The molecular weight excluding hydrogens is 795 g/mol. The highest BCUT2D eigenvalue weighted by Crippen LogP contribution is 2.58. The van der Waals surface area contributed by atoms with E-state index >= 15 is 8.78 Å². The van der Waals surface area contributed by atoms with Gasteiger partial charge < -0.3 is 39.9 Å². The predicted octanol–water partition coefficient (Wildman–Crippen LogP) is 7.16. The number of amides is 4. The SMILES string of the molecule is COC(=O)NC(C(=O)N1CC2(CC2)C[C@H]1c1ncc(-c2ccc3c(c2)C(F)(F)c2cc(-c4c[nH]c([C@@H]5CCCN5C(=O)[C@H](CCSC)NC(=O)OC)n4)ccc2-3)[nH]1)C(C)C. The van der Waals surface area contributed by atoms with E-state index in [1.54, 1.807) is 58.2 Å². The Hall–Kier alpha value is -5.45. The molecule has 4 aromatic rings. The number of carbonyl (C=O) groups excluding carboxylic acids is 4. The van der Waals surface area contributed by atoms with Crippen molar-refractivity contribution in [2.75, 3.05) is 39.3 Å². The molecule has 14 nitrogen and oxygen atoms in total. The van der Waals surface area contributed by atoms with Crippen molar-refractivity contribution in [1.82, 2.24) is 40.4 Å². The Labute approximate surface area is 351 Å². The van der Waals surface area contributed by atoms with Crippen molar-refractivity contribution in [3.63, 3.8) is 0 Å². The van der Waals surface area contributed by atoms with Crippen LogP contribution in [0.5, 0.6) is 0 Å². The van der Waals surface area contributed by atoms with E-state index in [1.165, 1.54) is 26.4 Å². The molecule has 60 heavy (non-hydrogen) atoms. The molecule has 0 bridgehead atoms. The summed E-state index contributed by atoms with van der Waals surface area (Å²) in [5, 5.41) is 5.36. The first kappa shape index (κ1) is 41.3. The van der Waals surface area contributed by atoms with Crippen LogP contribution >= 0.6 is 11.8 Å². The van der Waals surface area contributed by atoms with Gasteiger partial charge in [0.25, 0.3) is 5.92 Å². The van der Waals surface area contributed by atoms with Crippen LogP contribution in [0, 0.1) is 11.3 Å². The Morgan fingerprint density at radius 1 is 0.933 bits per heavy atom. The van der Waals surface area contributed by atoms with Gasteiger partial charge >= 0.3 is 12.2 Å². The van der Waals surface area contributed by atoms with E-state index in [0.29, 0.717) is 77.0 Å². The number of benzene rings is 2. The van der Waals surface area contributed by atoms with E-state index in [2.05, 4.69) is 25.6 Å². The molecule has 2 aliphatic carbocycles. The second-order valence-corrected chi connectivity index (χ2v) is 17.6. The number of hydrogen-bond donors (Lipinski definition) is 4. The van der Waals surface area contributed by atoms with Crippen molar-refractivity contribution < 1.29 is 37.4 Å². The number of H-pyrrole nitrogens is 2. The van der Waals surface area contributed by atoms with Crippen LogP contribution < -0.4 is 10.6 Å². The summed E-state index contributed by atoms with van der Waals surface area (Å²) < 4.78 is 42.6. The first-order chi connectivity index (χ1) is 28.8. The minimum Gasteiger partial charge on any atom is -0.453 e. The fourth-order valence-electron chi connectivity index (χ4n) is 9.02. The molecule has 4 aliphatic rings. The molecule has 4 amide bonds. The van der Waals surface area contributed by atoms with E-state index < -0.39 is 30.2 Å². The summed E-state index contributed by atoms with van der Waals surface area (Å²) >= 11 is 1.58. The number of ether oxygens (including phenoxy) is 2. The number of carbonyl (C=O) groups is 4. The van der Waals surface area contributed by atoms with Crippen molar-refractivity contribution in [2.24, 2.45) is 11.3 Å². The third-order valence-corrected chi connectivity index (χ3v) is 13.1. The zero-order valence-corrected chi connectivity index (χ0v) is 35.1. The molecule has 4 N–H and O–H groups in total. The lowest BCUT2D eigenvalue weighted by molar-refractivity contribution is -0.136. The predicted molar refractivity (Wildman–Crippen MR) is 221 cm³/mol. The molecule has 4 heterocycles. The molecule has 1 saturated carbocycles. The van der Waals surface area contributed by atoms with E-state index in [-0.39, 0.29) is 46.4 Å². The van der Waals surface area contributed by atoms with Gasteiger partial charge in [0.2, 0.25) is 11.8 Å². The lowest BCUT2D eigenvalue weighted by Gasteiger charge is -2.30. The van der Waals surface area contributed by atoms with Crippen molar-refractivity contribution in [2.45, 2.75) is 82.5 Å². The molecule has 1 spiro atoms. The summed E-state index contributed by atoms with van der Waals surface area (Å²) in [4.78, 5) is 71.3. The van der Waals surface area contributed by atoms with Crippen molar-refractivity contribution in [1.29, 1.82) is 0 Å². The molecule has 8 rings (SSSR count). The van der Waals surface area contributed by atoms with Gasteiger partial charge in [0.05, 0.1) is 43.9 Å². The normalized spacial score (nSPS) is 20.5. The van der Waals surface area contributed by atoms with Gasteiger partial charge in [0.1, 0.15) is 23.7 Å². The molecular formula is C43H50F2N8O6S. The third kappa shape index (κ3) is 7.60. The first-order valence-corrected chi connectivity index (χ1v) is 21.7. The number of halogens is 2. The van der Waals surface area contributed by atoms with Crippen LogP contribution in [-0.2, 0) is 25.0 Å². The summed E-state index contributed by atoms with van der Waals surface area (Å²) in [6.45, 7) is 4.78. The van der Waals surface area contributed by atoms with Crippen molar-refractivity contribution >= 4 is 35.8 Å². The molecule has 4 atom stereocenters. The number of thioether (sulfide) groups is 1. The minimum atomic E-state index is -3.31. The number of imidazole rings is 2. The summed E-state index contributed by atoms with van der Waals surface area (Å²) in [7, 11) is 2.52. The zero-order chi connectivity index (χ0) is 42.5. The van der Waals surface area contributed by atoms with Gasteiger partial charge in [-0.25, -0.2) is 19.6 Å².